The van der Waals surface area contributed by atoms with Gasteiger partial charge in [0.15, 0.2) is 0 Å². The molecule has 2 heteroatoms. The van der Waals surface area contributed by atoms with Crippen LogP contribution in [0.1, 0.15) is 31.4 Å². The Morgan fingerprint density at radius 1 is 1.44 bits per heavy atom. The van der Waals surface area contributed by atoms with Crippen molar-refractivity contribution in [3.8, 4) is 5.75 Å². The number of aromatic hydroxyl groups is 1. The lowest BCUT2D eigenvalue weighted by atomic mass is 9.59. The third-order valence-electron chi connectivity index (χ3n) is 4.81. The summed E-state index contributed by atoms with van der Waals surface area (Å²) in [6, 6.07) is 6.49. The van der Waals surface area contributed by atoms with Crippen LogP contribution in [0.5, 0.6) is 5.75 Å². The van der Waals surface area contributed by atoms with Crippen LogP contribution in [-0.2, 0) is 11.8 Å². The number of phenols is 1. The summed E-state index contributed by atoms with van der Waals surface area (Å²) in [5.41, 5.74) is 3.02. The largest absolute Gasteiger partial charge is 0.508 e. The molecule has 2 bridgehead atoms. The SMILES string of the molecule is C[C@H]1[C@H]2Cc3ccc(O)cc3[C@]1(C)CCN2. The van der Waals surface area contributed by atoms with Crippen molar-refractivity contribution in [1.82, 2.24) is 5.32 Å². The first-order valence-corrected chi connectivity index (χ1v) is 6.17. The van der Waals surface area contributed by atoms with Gasteiger partial charge in [0.1, 0.15) is 5.75 Å². The highest BCUT2D eigenvalue weighted by Crippen LogP contribution is 2.46. The second kappa shape index (κ2) is 3.24. The Morgan fingerprint density at radius 2 is 2.25 bits per heavy atom. The third kappa shape index (κ3) is 1.23. The van der Waals surface area contributed by atoms with Gasteiger partial charge in [0.05, 0.1) is 0 Å². The van der Waals surface area contributed by atoms with Gasteiger partial charge in [-0.15, -0.1) is 0 Å². The van der Waals surface area contributed by atoms with E-state index in [1.165, 1.54) is 17.5 Å². The fourth-order valence-corrected chi connectivity index (χ4v) is 3.51. The highest BCUT2D eigenvalue weighted by Gasteiger charge is 2.45. The Morgan fingerprint density at radius 3 is 3.06 bits per heavy atom. The van der Waals surface area contributed by atoms with Crippen LogP contribution in [0.15, 0.2) is 18.2 Å². The molecule has 16 heavy (non-hydrogen) atoms. The molecule has 1 aliphatic heterocycles. The van der Waals surface area contributed by atoms with E-state index in [2.05, 4.69) is 25.2 Å². The fourth-order valence-electron chi connectivity index (χ4n) is 3.51. The topological polar surface area (TPSA) is 32.3 Å². The summed E-state index contributed by atoms with van der Waals surface area (Å²) in [4.78, 5) is 0. The lowest BCUT2D eigenvalue weighted by molar-refractivity contribution is 0.158. The predicted octanol–water partition coefficient (Wildman–Crippen LogP) is 2.20. The molecule has 1 aromatic rings. The zero-order chi connectivity index (χ0) is 11.3. The van der Waals surface area contributed by atoms with Gasteiger partial charge in [-0.05, 0) is 54.0 Å². The first-order chi connectivity index (χ1) is 7.61. The van der Waals surface area contributed by atoms with E-state index in [0.717, 1.165) is 13.0 Å². The summed E-state index contributed by atoms with van der Waals surface area (Å²) in [5, 5.41) is 13.3. The molecule has 0 aromatic heterocycles. The third-order valence-corrected chi connectivity index (χ3v) is 4.81. The number of rotatable bonds is 0. The maximum Gasteiger partial charge on any atom is 0.115 e. The number of benzene rings is 1. The Bertz CT molecular complexity index is 429. The molecule has 86 valence electrons. The number of nitrogens with one attached hydrogen (secondary N) is 1. The zero-order valence-corrected chi connectivity index (χ0v) is 9.96. The normalized spacial score (nSPS) is 36.9. The highest BCUT2D eigenvalue weighted by molar-refractivity contribution is 5.44. The standard InChI is InChI=1S/C14H19NO/c1-9-13-7-10-3-4-11(16)8-12(10)14(9,2)5-6-15-13/h3-4,8-9,13,15-16H,5-7H2,1-2H3/t9-,13+,14+/m0/s1. The van der Waals surface area contributed by atoms with Gasteiger partial charge >= 0.3 is 0 Å². The van der Waals surface area contributed by atoms with Crippen LogP contribution in [0.4, 0.5) is 0 Å². The second-order valence-electron chi connectivity index (χ2n) is 5.56. The van der Waals surface area contributed by atoms with Crippen molar-refractivity contribution in [2.24, 2.45) is 5.92 Å². The fraction of sp³-hybridized carbons (Fsp3) is 0.571. The monoisotopic (exact) mass is 217 g/mol. The van der Waals surface area contributed by atoms with Gasteiger partial charge in [0.2, 0.25) is 0 Å². The van der Waals surface area contributed by atoms with Gasteiger partial charge in [0, 0.05) is 6.04 Å². The van der Waals surface area contributed by atoms with E-state index in [1.54, 1.807) is 0 Å². The van der Waals surface area contributed by atoms with Crippen molar-refractivity contribution in [2.75, 3.05) is 6.54 Å². The predicted molar refractivity (Wildman–Crippen MR) is 64.7 cm³/mol. The van der Waals surface area contributed by atoms with Gasteiger partial charge in [-0.3, -0.25) is 0 Å². The molecule has 0 saturated carbocycles. The molecule has 2 N–H and O–H groups in total. The minimum Gasteiger partial charge on any atom is -0.508 e. The molecule has 0 unspecified atom stereocenters. The van der Waals surface area contributed by atoms with E-state index >= 15 is 0 Å². The number of hydrogen-bond acceptors (Lipinski definition) is 2. The minimum absolute atomic E-state index is 0.238. The van der Waals surface area contributed by atoms with Crippen molar-refractivity contribution in [1.29, 1.82) is 0 Å². The molecule has 3 atom stereocenters. The molecule has 1 fully saturated rings. The van der Waals surface area contributed by atoms with Crippen LogP contribution in [0.25, 0.3) is 0 Å². The molecule has 0 radical (unpaired) electrons. The van der Waals surface area contributed by atoms with Crippen LogP contribution < -0.4 is 5.32 Å². The summed E-state index contributed by atoms with van der Waals surface area (Å²) in [6.45, 7) is 5.79. The first-order valence-electron chi connectivity index (χ1n) is 6.17. The number of fused-ring (bicyclic) bond motifs is 4. The average molecular weight is 217 g/mol. The Kier molecular flexibility index (Phi) is 2.05. The van der Waals surface area contributed by atoms with Crippen molar-refractivity contribution in [3.63, 3.8) is 0 Å². The quantitative estimate of drug-likeness (QED) is 0.698. The second-order valence-corrected chi connectivity index (χ2v) is 5.56. The molecule has 2 aliphatic rings. The van der Waals surface area contributed by atoms with E-state index in [4.69, 9.17) is 0 Å². The van der Waals surface area contributed by atoms with Crippen LogP contribution in [0.3, 0.4) is 0 Å². The number of phenolic OH excluding ortho intramolecular Hbond substituents is 1. The van der Waals surface area contributed by atoms with E-state index < -0.39 is 0 Å². The molecule has 1 aromatic carbocycles. The molecule has 1 aliphatic carbocycles. The highest BCUT2D eigenvalue weighted by atomic mass is 16.3. The van der Waals surface area contributed by atoms with Crippen molar-refractivity contribution in [2.45, 2.75) is 38.1 Å². The average Bonchev–Trinajstić information content (AvgIpc) is 2.25. The van der Waals surface area contributed by atoms with Gasteiger partial charge in [0.25, 0.3) is 0 Å². The molecule has 0 spiro atoms. The molecular formula is C14H19NO. The van der Waals surface area contributed by atoms with Crippen LogP contribution >= 0.6 is 0 Å². The number of hydrogen-bond donors (Lipinski definition) is 2. The lowest BCUT2D eigenvalue weighted by Crippen LogP contribution is -2.56. The van der Waals surface area contributed by atoms with Gasteiger partial charge in [-0.25, -0.2) is 0 Å². The molecule has 2 nitrogen and oxygen atoms in total. The summed E-state index contributed by atoms with van der Waals surface area (Å²) >= 11 is 0. The maximum atomic E-state index is 9.67. The smallest absolute Gasteiger partial charge is 0.115 e. The summed E-state index contributed by atoms with van der Waals surface area (Å²) in [5.74, 6) is 1.06. The number of piperidine rings is 1. The summed E-state index contributed by atoms with van der Waals surface area (Å²) in [7, 11) is 0. The van der Waals surface area contributed by atoms with E-state index in [9.17, 15) is 5.11 Å². The van der Waals surface area contributed by atoms with E-state index in [1.807, 2.05) is 12.1 Å². The molecular weight excluding hydrogens is 198 g/mol. The van der Waals surface area contributed by atoms with Crippen molar-refractivity contribution in [3.05, 3.63) is 29.3 Å². The van der Waals surface area contributed by atoms with E-state index in [0.29, 0.717) is 17.7 Å². The molecule has 3 rings (SSSR count). The van der Waals surface area contributed by atoms with Crippen LogP contribution in [0.2, 0.25) is 0 Å². The summed E-state index contributed by atoms with van der Waals surface area (Å²) < 4.78 is 0. The van der Waals surface area contributed by atoms with Crippen LogP contribution in [-0.4, -0.2) is 17.7 Å². The molecule has 1 heterocycles. The van der Waals surface area contributed by atoms with E-state index in [-0.39, 0.29) is 5.41 Å². The minimum atomic E-state index is 0.238. The Balaban J connectivity index is 2.18. The molecule has 1 saturated heterocycles. The molecule has 0 amide bonds. The van der Waals surface area contributed by atoms with Gasteiger partial charge in [-0.1, -0.05) is 19.9 Å². The Hall–Kier alpha value is -1.02. The lowest BCUT2D eigenvalue weighted by Gasteiger charge is -2.50. The Labute approximate surface area is 96.7 Å². The maximum absolute atomic E-state index is 9.67. The van der Waals surface area contributed by atoms with Crippen molar-refractivity contribution >= 4 is 0 Å². The van der Waals surface area contributed by atoms with Gasteiger partial charge < -0.3 is 10.4 Å². The zero-order valence-electron chi connectivity index (χ0n) is 9.96. The summed E-state index contributed by atoms with van der Waals surface area (Å²) in [6.07, 6.45) is 2.27. The van der Waals surface area contributed by atoms with Crippen molar-refractivity contribution < 1.29 is 5.11 Å². The first kappa shape index (κ1) is 10.2. The van der Waals surface area contributed by atoms with Crippen LogP contribution in [0, 0.1) is 5.92 Å². The van der Waals surface area contributed by atoms with Gasteiger partial charge in [-0.2, -0.15) is 0 Å².